The van der Waals surface area contributed by atoms with Crippen LogP contribution in [0.15, 0.2) is 5.16 Å². The van der Waals surface area contributed by atoms with Crippen molar-refractivity contribution in [2.75, 3.05) is 0 Å². The molecular formula is C16H24N4OS. The molecule has 1 N–H and O–H groups in total. The summed E-state index contributed by atoms with van der Waals surface area (Å²) in [7, 11) is 0. The highest BCUT2D eigenvalue weighted by Crippen LogP contribution is 2.46. The van der Waals surface area contributed by atoms with Crippen LogP contribution in [0.25, 0.3) is 0 Å². The highest BCUT2D eigenvalue weighted by atomic mass is 32.2. The van der Waals surface area contributed by atoms with E-state index in [4.69, 9.17) is 0 Å². The van der Waals surface area contributed by atoms with Gasteiger partial charge in [-0.25, -0.2) is 0 Å². The SMILES string of the molecule is C[C@H](Sc1nnc(C2CC2)n1C1CC1)C(=O)NC1CCCC1. The summed E-state index contributed by atoms with van der Waals surface area (Å²) in [6.45, 7) is 1.98. The molecule has 1 aromatic rings. The maximum atomic E-state index is 12.4. The van der Waals surface area contributed by atoms with Crippen molar-refractivity contribution in [3.05, 3.63) is 5.82 Å². The molecule has 0 aliphatic heterocycles. The molecule has 1 amide bonds. The molecule has 0 unspecified atom stereocenters. The van der Waals surface area contributed by atoms with E-state index in [0.717, 1.165) is 23.8 Å². The van der Waals surface area contributed by atoms with E-state index in [1.165, 1.54) is 38.5 Å². The number of nitrogens with one attached hydrogen (secondary N) is 1. The van der Waals surface area contributed by atoms with Crippen molar-refractivity contribution < 1.29 is 4.79 Å². The van der Waals surface area contributed by atoms with Crippen LogP contribution in [0, 0.1) is 0 Å². The maximum absolute atomic E-state index is 12.4. The summed E-state index contributed by atoms with van der Waals surface area (Å²) in [5.41, 5.74) is 0. The Morgan fingerprint density at radius 3 is 2.55 bits per heavy atom. The third kappa shape index (κ3) is 3.03. The summed E-state index contributed by atoms with van der Waals surface area (Å²) in [5.74, 6) is 1.92. The number of hydrogen-bond donors (Lipinski definition) is 1. The lowest BCUT2D eigenvalue weighted by Crippen LogP contribution is -2.37. The Balaban J connectivity index is 1.42. The van der Waals surface area contributed by atoms with Gasteiger partial charge in [0.05, 0.1) is 5.25 Å². The van der Waals surface area contributed by atoms with Crippen molar-refractivity contribution in [1.29, 1.82) is 0 Å². The van der Waals surface area contributed by atoms with E-state index in [1.807, 2.05) is 6.92 Å². The van der Waals surface area contributed by atoms with Gasteiger partial charge in [0.15, 0.2) is 5.16 Å². The highest BCUT2D eigenvalue weighted by Gasteiger charge is 2.37. The molecule has 120 valence electrons. The Morgan fingerprint density at radius 1 is 1.18 bits per heavy atom. The normalized spacial score (nSPS) is 23.7. The van der Waals surface area contributed by atoms with Crippen LogP contribution in [0.3, 0.4) is 0 Å². The fraction of sp³-hybridized carbons (Fsp3) is 0.812. The van der Waals surface area contributed by atoms with Crippen molar-refractivity contribution in [3.63, 3.8) is 0 Å². The van der Waals surface area contributed by atoms with Gasteiger partial charge >= 0.3 is 0 Å². The minimum absolute atomic E-state index is 0.102. The van der Waals surface area contributed by atoms with E-state index < -0.39 is 0 Å². The molecule has 0 spiro atoms. The zero-order valence-corrected chi connectivity index (χ0v) is 13.9. The Labute approximate surface area is 135 Å². The van der Waals surface area contributed by atoms with Crippen LogP contribution >= 0.6 is 11.8 Å². The van der Waals surface area contributed by atoms with Crippen LogP contribution in [0.2, 0.25) is 0 Å². The second kappa shape index (κ2) is 5.87. The molecule has 0 radical (unpaired) electrons. The second-order valence-corrected chi connectivity index (χ2v) is 8.27. The molecule has 0 bridgehead atoms. The first-order valence-corrected chi connectivity index (χ1v) is 9.52. The monoisotopic (exact) mass is 320 g/mol. The standard InChI is InChI=1S/C16H24N4OS/c1-10(15(21)17-12-4-2-3-5-12)22-16-19-18-14(11-6-7-11)20(16)13-8-9-13/h10-13H,2-9H2,1H3,(H,17,21)/t10-/m0/s1. The van der Waals surface area contributed by atoms with E-state index in [1.54, 1.807) is 11.8 Å². The third-order valence-electron chi connectivity index (χ3n) is 4.90. The lowest BCUT2D eigenvalue weighted by molar-refractivity contribution is -0.120. The first-order chi connectivity index (χ1) is 10.7. The summed E-state index contributed by atoms with van der Waals surface area (Å²) in [4.78, 5) is 12.4. The molecule has 3 aliphatic rings. The minimum Gasteiger partial charge on any atom is -0.352 e. The Bertz CT molecular complexity index is 558. The van der Waals surface area contributed by atoms with Crippen LogP contribution in [0.1, 0.15) is 76.1 Å². The van der Waals surface area contributed by atoms with Gasteiger partial charge in [0, 0.05) is 18.0 Å². The van der Waals surface area contributed by atoms with Crippen LogP contribution < -0.4 is 5.32 Å². The molecule has 0 aromatic carbocycles. The van der Waals surface area contributed by atoms with E-state index in [2.05, 4.69) is 20.1 Å². The average Bonchev–Trinajstić information content (AvgIpc) is 3.43. The quantitative estimate of drug-likeness (QED) is 0.819. The van der Waals surface area contributed by atoms with Crippen molar-refractivity contribution in [1.82, 2.24) is 20.1 Å². The molecule has 0 saturated heterocycles. The van der Waals surface area contributed by atoms with Gasteiger partial charge < -0.3 is 9.88 Å². The number of carbonyl (C=O) groups is 1. The number of thioether (sulfide) groups is 1. The van der Waals surface area contributed by atoms with E-state index in [-0.39, 0.29) is 11.2 Å². The second-order valence-electron chi connectivity index (χ2n) is 6.97. The van der Waals surface area contributed by atoms with E-state index in [9.17, 15) is 4.79 Å². The minimum atomic E-state index is -0.102. The number of carbonyl (C=O) groups excluding carboxylic acids is 1. The van der Waals surface area contributed by atoms with Gasteiger partial charge in [0.2, 0.25) is 5.91 Å². The summed E-state index contributed by atoms with van der Waals surface area (Å²) >= 11 is 1.57. The van der Waals surface area contributed by atoms with Gasteiger partial charge in [-0.3, -0.25) is 4.79 Å². The van der Waals surface area contributed by atoms with Crippen molar-refractivity contribution >= 4 is 17.7 Å². The zero-order valence-electron chi connectivity index (χ0n) is 13.1. The first kappa shape index (κ1) is 14.5. The number of hydrogen-bond acceptors (Lipinski definition) is 4. The molecular weight excluding hydrogens is 296 g/mol. The van der Waals surface area contributed by atoms with Gasteiger partial charge in [0.25, 0.3) is 0 Å². The Morgan fingerprint density at radius 2 is 1.91 bits per heavy atom. The fourth-order valence-corrected chi connectivity index (χ4v) is 4.20. The number of aromatic nitrogens is 3. The first-order valence-electron chi connectivity index (χ1n) is 8.64. The fourth-order valence-electron chi connectivity index (χ4n) is 3.26. The van der Waals surface area contributed by atoms with Gasteiger partial charge in [-0.05, 0) is 45.4 Å². The van der Waals surface area contributed by atoms with Crippen molar-refractivity contribution in [2.24, 2.45) is 0 Å². The third-order valence-corrected chi connectivity index (χ3v) is 5.96. The van der Waals surface area contributed by atoms with Crippen LogP contribution in [0.4, 0.5) is 0 Å². The van der Waals surface area contributed by atoms with Crippen molar-refractivity contribution in [2.45, 2.75) is 86.7 Å². The van der Waals surface area contributed by atoms with Crippen LogP contribution in [0.5, 0.6) is 0 Å². The average molecular weight is 320 g/mol. The highest BCUT2D eigenvalue weighted by molar-refractivity contribution is 8.00. The molecule has 1 atom stereocenters. The molecule has 5 nitrogen and oxygen atoms in total. The summed E-state index contributed by atoms with van der Waals surface area (Å²) < 4.78 is 2.32. The van der Waals surface area contributed by atoms with Crippen LogP contribution in [-0.4, -0.2) is 32.0 Å². The molecule has 3 aliphatic carbocycles. The predicted octanol–water partition coefficient (Wildman–Crippen LogP) is 3.03. The lowest BCUT2D eigenvalue weighted by atomic mass is 10.2. The van der Waals surface area contributed by atoms with E-state index >= 15 is 0 Å². The lowest BCUT2D eigenvalue weighted by Gasteiger charge is -2.16. The smallest absolute Gasteiger partial charge is 0.233 e. The Kier molecular flexibility index (Phi) is 3.88. The van der Waals surface area contributed by atoms with Crippen molar-refractivity contribution in [3.8, 4) is 0 Å². The number of nitrogens with zero attached hydrogens (tertiary/aromatic N) is 3. The largest absolute Gasteiger partial charge is 0.352 e. The predicted molar refractivity (Wildman–Crippen MR) is 86.0 cm³/mol. The molecule has 6 heteroatoms. The number of amides is 1. The summed E-state index contributed by atoms with van der Waals surface area (Å²) in [6.07, 6.45) is 9.70. The molecule has 4 rings (SSSR count). The van der Waals surface area contributed by atoms with Gasteiger partial charge in [-0.2, -0.15) is 0 Å². The maximum Gasteiger partial charge on any atom is 0.233 e. The zero-order chi connectivity index (χ0) is 15.1. The molecule has 3 saturated carbocycles. The molecule has 1 aromatic heterocycles. The van der Waals surface area contributed by atoms with Gasteiger partial charge in [-0.15, -0.1) is 10.2 Å². The molecule has 1 heterocycles. The summed E-state index contributed by atoms with van der Waals surface area (Å²) in [6, 6.07) is 0.970. The van der Waals surface area contributed by atoms with Crippen LogP contribution in [-0.2, 0) is 4.79 Å². The van der Waals surface area contributed by atoms with E-state index in [0.29, 0.717) is 18.0 Å². The molecule has 22 heavy (non-hydrogen) atoms. The van der Waals surface area contributed by atoms with Gasteiger partial charge in [-0.1, -0.05) is 24.6 Å². The van der Waals surface area contributed by atoms with Gasteiger partial charge in [0.1, 0.15) is 5.82 Å². The topological polar surface area (TPSA) is 59.8 Å². The summed E-state index contributed by atoms with van der Waals surface area (Å²) in [5, 5.41) is 12.8. The molecule has 3 fully saturated rings. The number of rotatable bonds is 6. The Hall–Kier alpha value is -1.04.